The van der Waals surface area contributed by atoms with Crippen LogP contribution in [0.1, 0.15) is 38.5 Å². The summed E-state index contributed by atoms with van der Waals surface area (Å²) in [6, 6.07) is 6.49. The van der Waals surface area contributed by atoms with Crippen LogP contribution in [-0.2, 0) is 14.8 Å². The topological polar surface area (TPSA) is 92.5 Å². The van der Waals surface area contributed by atoms with Gasteiger partial charge >= 0.3 is 0 Å². The van der Waals surface area contributed by atoms with E-state index >= 15 is 0 Å². The van der Waals surface area contributed by atoms with E-state index in [1.807, 2.05) is 0 Å². The summed E-state index contributed by atoms with van der Waals surface area (Å²) in [7, 11) is -3.71. The lowest BCUT2D eigenvalue weighted by atomic mass is 9.78. The molecule has 7 heteroatoms. The first-order chi connectivity index (χ1) is 11.4. The molecule has 0 unspecified atom stereocenters. The Hall–Kier alpha value is -1.44. The highest BCUT2D eigenvalue weighted by atomic mass is 32.2. The van der Waals surface area contributed by atoms with Crippen molar-refractivity contribution in [2.75, 3.05) is 18.4 Å². The summed E-state index contributed by atoms with van der Waals surface area (Å²) in [6.07, 6.45) is 7.51. The van der Waals surface area contributed by atoms with Gasteiger partial charge in [0.1, 0.15) is 0 Å². The lowest BCUT2D eigenvalue weighted by molar-refractivity contribution is -0.118. The van der Waals surface area contributed by atoms with Gasteiger partial charge in [0.2, 0.25) is 15.9 Å². The van der Waals surface area contributed by atoms with Crippen LogP contribution >= 0.6 is 0 Å². The second-order valence-electron chi connectivity index (χ2n) is 6.84. The number of carbonyl (C=O) groups is 1. The number of rotatable bonds is 4. The molecule has 3 N–H and O–H groups in total. The van der Waals surface area contributed by atoms with Crippen LogP contribution in [0.5, 0.6) is 0 Å². The highest BCUT2D eigenvalue weighted by molar-refractivity contribution is 7.89. The summed E-state index contributed by atoms with van der Waals surface area (Å²) < 4.78 is 22.5. The van der Waals surface area contributed by atoms with E-state index in [1.165, 1.54) is 44.2 Å². The average Bonchev–Trinajstić information content (AvgIpc) is 2.55. The molecule has 1 saturated carbocycles. The molecule has 6 nitrogen and oxygen atoms in total. The van der Waals surface area contributed by atoms with Crippen molar-refractivity contribution in [3.63, 3.8) is 0 Å². The molecule has 1 heterocycles. The van der Waals surface area contributed by atoms with Gasteiger partial charge in [0.05, 0.1) is 11.4 Å². The molecule has 1 aromatic carbocycles. The Balaban J connectivity index is 1.59. The number of benzene rings is 1. The molecule has 1 saturated heterocycles. The predicted octanol–water partition coefficient (Wildman–Crippen LogP) is 1.93. The van der Waals surface area contributed by atoms with Crippen molar-refractivity contribution in [3.8, 4) is 0 Å². The van der Waals surface area contributed by atoms with Crippen LogP contribution in [0.15, 0.2) is 29.2 Å². The van der Waals surface area contributed by atoms with Crippen LogP contribution in [0.4, 0.5) is 5.69 Å². The van der Waals surface area contributed by atoms with E-state index in [4.69, 9.17) is 5.14 Å². The number of fused-ring (bicyclic) bond motifs is 1. The molecule has 132 valence electrons. The first-order valence-corrected chi connectivity index (χ1v) is 10.1. The van der Waals surface area contributed by atoms with E-state index in [2.05, 4.69) is 10.2 Å². The highest BCUT2D eigenvalue weighted by Crippen LogP contribution is 2.35. The maximum atomic E-state index is 12.3. The number of likely N-dealkylation sites (tertiary alicyclic amines) is 1. The normalized spacial score (nSPS) is 25.0. The Bertz CT molecular complexity index is 686. The fourth-order valence-electron chi connectivity index (χ4n) is 4.04. The number of nitrogens with one attached hydrogen (secondary N) is 1. The van der Waals surface area contributed by atoms with Crippen molar-refractivity contribution < 1.29 is 13.2 Å². The zero-order valence-corrected chi connectivity index (χ0v) is 14.6. The molecule has 1 aliphatic carbocycles. The third-order valence-corrected chi connectivity index (χ3v) is 6.10. The van der Waals surface area contributed by atoms with Gasteiger partial charge in [0, 0.05) is 11.7 Å². The summed E-state index contributed by atoms with van der Waals surface area (Å²) in [4.78, 5) is 14.7. The standard InChI is InChI=1S/C17H25N3O3S/c18-24(22,23)15-9-7-14(8-10-15)19-17(21)12-20-11-3-5-13-4-1-2-6-16(13)20/h7-10,13,16H,1-6,11-12H2,(H,19,21)(H2,18,22,23)/t13-,16+/m1/s1. The monoisotopic (exact) mass is 351 g/mol. The average molecular weight is 351 g/mol. The predicted molar refractivity (Wildman–Crippen MR) is 93.0 cm³/mol. The molecule has 2 atom stereocenters. The first-order valence-electron chi connectivity index (χ1n) is 8.60. The first kappa shape index (κ1) is 17.4. The molecular weight excluding hydrogens is 326 g/mol. The fraction of sp³-hybridized carbons (Fsp3) is 0.588. The second-order valence-corrected chi connectivity index (χ2v) is 8.40. The van der Waals surface area contributed by atoms with Gasteiger partial charge in [-0.1, -0.05) is 12.8 Å². The summed E-state index contributed by atoms with van der Waals surface area (Å²) in [5.74, 6) is 0.693. The van der Waals surface area contributed by atoms with Crippen molar-refractivity contribution in [2.24, 2.45) is 11.1 Å². The Morgan fingerprint density at radius 2 is 1.79 bits per heavy atom. The fourth-order valence-corrected chi connectivity index (χ4v) is 4.55. The maximum absolute atomic E-state index is 12.3. The molecule has 0 spiro atoms. The van der Waals surface area contributed by atoms with Crippen LogP contribution < -0.4 is 10.5 Å². The minimum atomic E-state index is -3.71. The Morgan fingerprint density at radius 1 is 1.12 bits per heavy atom. The van der Waals surface area contributed by atoms with E-state index < -0.39 is 10.0 Å². The Kier molecular flexibility index (Phi) is 5.22. The van der Waals surface area contributed by atoms with Crippen molar-refractivity contribution in [2.45, 2.75) is 49.5 Å². The second kappa shape index (κ2) is 7.21. The number of hydrogen-bond donors (Lipinski definition) is 2. The van der Waals surface area contributed by atoms with Crippen molar-refractivity contribution in [3.05, 3.63) is 24.3 Å². The summed E-state index contributed by atoms with van der Waals surface area (Å²) in [5, 5.41) is 7.92. The molecule has 24 heavy (non-hydrogen) atoms. The van der Waals surface area contributed by atoms with Crippen LogP contribution in [-0.4, -0.2) is 38.4 Å². The van der Waals surface area contributed by atoms with Gasteiger partial charge in [-0.05, 0) is 62.4 Å². The summed E-state index contributed by atoms with van der Waals surface area (Å²) >= 11 is 0. The van der Waals surface area contributed by atoms with Crippen molar-refractivity contribution in [1.29, 1.82) is 0 Å². The number of carbonyl (C=O) groups excluding carboxylic acids is 1. The third kappa shape index (κ3) is 4.15. The smallest absolute Gasteiger partial charge is 0.238 e. The third-order valence-electron chi connectivity index (χ3n) is 5.17. The SMILES string of the molecule is NS(=O)(=O)c1ccc(NC(=O)CN2CCC[C@H]3CCCC[C@@H]32)cc1. The number of primary sulfonamides is 1. The Labute approximate surface area is 143 Å². The number of nitrogens with zero attached hydrogens (tertiary/aromatic N) is 1. The largest absolute Gasteiger partial charge is 0.325 e. The molecule has 2 aliphatic rings. The lowest BCUT2D eigenvalue weighted by Gasteiger charge is -2.43. The van der Waals surface area contributed by atoms with E-state index in [0.717, 1.165) is 18.9 Å². The molecule has 1 amide bonds. The van der Waals surface area contributed by atoms with Gasteiger partial charge in [-0.3, -0.25) is 9.69 Å². The quantitative estimate of drug-likeness (QED) is 0.867. The van der Waals surface area contributed by atoms with E-state index in [9.17, 15) is 13.2 Å². The number of amides is 1. The van der Waals surface area contributed by atoms with E-state index in [1.54, 1.807) is 12.1 Å². The molecule has 3 rings (SSSR count). The van der Waals surface area contributed by atoms with Crippen LogP contribution in [0.25, 0.3) is 0 Å². The number of piperidine rings is 1. The van der Waals surface area contributed by atoms with Crippen molar-refractivity contribution in [1.82, 2.24) is 4.90 Å². The maximum Gasteiger partial charge on any atom is 0.238 e. The van der Waals surface area contributed by atoms with Gasteiger partial charge in [0.15, 0.2) is 0 Å². The molecule has 1 aliphatic heterocycles. The minimum absolute atomic E-state index is 0.0431. The van der Waals surface area contributed by atoms with Gasteiger partial charge in [-0.15, -0.1) is 0 Å². The number of hydrogen-bond acceptors (Lipinski definition) is 4. The zero-order valence-electron chi connectivity index (χ0n) is 13.8. The van der Waals surface area contributed by atoms with Gasteiger partial charge in [0.25, 0.3) is 0 Å². The van der Waals surface area contributed by atoms with Gasteiger partial charge in [-0.2, -0.15) is 0 Å². The number of sulfonamides is 1. The Morgan fingerprint density at radius 3 is 2.50 bits per heavy atom. The van der Waals surface area contributed by atoms with Gasteiger partial charge in [-0.25, -0.2) is 13.6 Å². The summed E-state index contributed by atoms with van der Waals surface area (Å²) in [6.45, 7) is 1.39. The highest BCUT2D eigenvalue weighted by Gasteiger charge is 2.33. The van der Waals surface area contributed by atoms with Crippen LogP contribution in [0.2, 0.25) is 0 Å². The van der Waals surface area contributed by atoms with Crippen LogP contribution in [0, 0.1) is 5.92 Å². The molecule has 0 bridgehead atoms. The molecule has 0 aromatic heterocycles. The summed E-state index contributed by atoms with van der Waals surface area (Å²) in [5.41, 5.74) is 0.588. The lowest BCUT2D eigenvalue weighted by Crippen LogP contribution is -2.49. The van der Waals surface area contributed by atoms with Crippen molar-refractivity contribution >= 4 is 21.6 Å². The number of nitrogens with two attached hydrogens (primary N) is 1. The number of anilines is 1. The van der Waals surface area contributed by atoms with E-state index in [-0.39, 0.29) is 10.8 Å². The molecule has 2 fully saturated rings. The van der Waals surface area contributed by atoms with Crippen LogP contribution in [0.3, 0.4) is 0 Å². The zero-order chi connectivity index (χ0) is 17.2. The molecule has 0 radical (unpaired) electrons. The molecular formula is C17H25N3O3S. The van der Waals surface area contributed by atoms with Gasteiger partial charge < -0.3 is 5.32 Å². The minimum Gasteiger partial charge on any atom is -0.325 e. The molecule has 1 aromatic rings. The van der Waals surface area contributed by atoms with E-state index in [0.29, 0.717) is 18.3 Å².